The molecule has 0 atom stereocenters. The third kappa shape index (κ3) is 2.54. The predicted molar refractivity (Wildman–Crippen MR) is 86.5 cm³/mol. The molecule has 0 aliphatic heterocycles. The standard InChI is InChI=1S/C15H16N4OS/c1-9(2)19-8-16-6-11(19)4-5-12-17-14(20)13-10(3)7-21-15(13)18-12/h4-9H,1-3H3,(H,17,18,20)/b5-4+. The number of nitrogens with one attached hydrogen (secondary N) is 1. The molecule has 0 saturated heterocycles. The van der Waals surface area contributed by atoms with Gasteiger partial charge in [-0.1, -0.05) is 0 Å². The third-order valence-corrected chi connectivity index (χ3v) is 4.30. The van der Waals surface area contributed by atoms with Gasteiger partial charge in [-0.15, -0.1) is 11.3 Å². The minimum atomic E-state index is -0.0873. The Labute approximate surface area is 126 Å². The molecule has 21 heavy (non-hydrogen) atoms. The average molecular weight is 300 g/mol. The normalized spacial score (nSPS) is 12.0. The van der Waals surface area contributed by atoms with Crippen molar-refractivity contribution >= 4 is 33.7 Å². The number of aromatic amines is 1. The Kier molecular flexibility index (Phi) is 3.47. The smallest absolute Gasteiger partial charge is 0.260 e. The van der Waals surface area contributed by atoms with Crippen LogP contribution in [0, 0.1) is 6.92 Å². The van der Waals surface area contributed by atoms with E-state index >= 15 is 0 Å². The monoisotopic (exact) mass is 300 g/mol. The number of thiophene rings is 1. The first-order chi connectivity index (χ1) is 10.1. The SMILES string of the molecule is Cc1csc2nc(/C=C/c3cncn3C(C)C)[nH]c(=O)c12. The van der Waals surface area contributed by atoms with E-state index in [4.69, 9.17) is 0 Å². The van der Waals surface area contributed by atoms with Gasteiger partial charge < -0.3 is 9.55 Å². The van der Waals surface area contributed by atoms with Crippen LogP contribution in [-0.4, -0.2) is 19.5 Å². The molecule has 0 bridgehead atoms. The zero-order valence-electron chi connectivity index (χ0n) is 12.1. The number of aromatic nitrogens is 4. The van der Waals surface area contributed by atoms with Crippen LogP contribution >= 0.6 is 11.3 Å². The number of aryl methyl sites for hydroxylation is 1. The molecule has 3 aromatic rings. The lowest BCUT2D eigenvalue weighted by atomic mass is 10.3. The number of hydrogen-bond donors (Lipinski definition) is 1. The quantitative estimate of drug-likeness (QED) is 0.807. The van der Waals surface area contributed by atoms with Crippen LogP contribution in [0.2, 0.25) is 0 Å². The number of nitrogens with zero attached hydrogens (tertiary/aromatic N) is 3. The van der Waals surface area contributed by atoms with E-state index < -0.39 is 0 Å². The zero-order valence-corrected chi connectivity index (χ0v) is 12.9. The number of hydrogen-bond acceptors (Lipinski definition) is 4. The van der Waals surface area contributed by atoms with Crippen LogP contribution in [0.3, 0.4) is 0 Å². The summed E-state index contributed by atoms with van der Waals surface area (Å²) in [4.78, 5) is 24.3. The van der Waals surface area contributed by atoms with E-state index in [0.717, 1.165) is 16.1 Å². The van der Waals surface area contributed by atoms with E-state index in [2.05, 4.69) is 33.4 Å². The molecule has 0 aliphatic rings. The summed E-state index contributed by atoms with van der Waals surface area (Å²) in [6.07, 6.45) is 7.32. The van der Waals surface area contributed by atoms with Crippen molar-refractivity contribution in [3.05, 3.63) is 45.3 Å². The van der Waals surface area contributed by atoms with Crippen LogP contribution in [0.4, 0.5) is 0 Å². The van der Waals surface area contributed by atoms with Crippen LogP contribution in [0.5, 0.6) is 0 Å². The summed E-state index contributed by atoms with van der Waals surface area (Å²) in [6.45, 7) is 6.12. The molecule has 6 heteroatoms. The van der Waals surface area contributed by atoms with Crippen molar-refractivity contribution in [2.24, 2.45) is 0 Å². The van der Waals surface area contributed by atoms with Gasteiger partial charge in [0, 0.05) is 6.04 Å². The molecule has 108 valence electrons. The van der Waals surface area contributed by atoms with Crippen LogP contribution < -0.4 is 5.56 Å². The minimum absolute atomic E-state index is 0.0873. The zero-order chi connectivity index (χ0) is 15.0. The van der Waals surface area contributed by atoms with Crippen molar-refractivity contribution in [1.82, 2.24) is 19.5 Å². The molecule has 0 spiro atoms. The maximum absolute atomic E-state index is 12.1. The van der Waals surface area contributed by atoms with Crippen molar-refractivity contribution in [1.29, 1.82) is 0 Å². The fourth-order valence-electron chi connectivity index (χ4n) is 2.22. The van der Waals surface area contributed by atoms with Crippen LogP contribution in [0.25, 0.3) is 22.4 Å². The van der Waals surface area contributed by atoms with E-state index in [9.17, 15) is 4.79 Å². The third-order valence-electron chi connectivity index (χ3n) is 3.31. The second-order valence-corrected chi connectivity index (χ2v) is 6.06. The molecule has 0 aromatic carbocycles. The van der Waals surface area contributed by atoms with E-state index in [1.807, 2.05) is 24.5 Å². The summed E-state index contributed by atoms with van der Waals surface area (Å²) in [5.74, 6) is 0.561. The lowest BCUT2D eigenvalue weighted by molar-refractivity contribution is 0.595. The molecule has 5 nitrogen and oxygen atoms in total. The van der Waals surface area contributed by atoms with Crippen LogP contribution in [0.15, 0.2) is 22.7 Å². The molecule has 0 amide bonds. The van der Waals surface area contributed by atoms with Gasteiger partial charge in [0.2, 0.25) is 0 Å². The highest BCUT2D eigenvalue weighted by atomic mass is 32.1. The van der Waals surface area contributed by atoms with Crippen molar-refractivity contribution in [2.75, 3.05) is 0 Å². The molecule has 3 rings (SSSR count). The largest absolute Gasteiger partial charge is 0.329 e. The maximum atomic E-state index is 12.1. The van der Waals surface area contributed by atoms with Gasteiger partial charge in [0.1, 0.15) is 10.7 Å². The van der Waals surface area contributed by atoms with E-state index in [1.54, 1.807) is 12.5 Å². The highest BCUT2D eigenvalue weighted by molar-refractivity contribution is 7.16. The first kappa shape index (κ1) is 13.8. The average Bonchev–Trinajstić information content (AvgIpc) is 3.03. The number of imidazole rings is 1. The fraction of sp³-hybridized carbons (Fsp3) is 0.267. The van der Waals surface area contributed by atoms with Gasteiger partial charge in [-0.2, -0.15) is 0 Å². The van der Waals surface area contributed by atoms with Gasteiger partial charge in [-0.25, -0.2) is 9.97 Å². The highest BCUT2D eigenvalue weighted by Crippen LogP contribution is 2.20. The fourth-order valence-corrected chi connectivity index (χ4v) is 3.15. The molecular weight excluding hydrogens is 284 g/mol. The highest BCUT2D eigenvalue weighted by Gasteiger charge is 2.07. The lowest BCUT2D eigenvalue weighted by Crippen LogP contribution is -2.09. The van der Waals surface area contributed by atoms with Crippen LogP contribution in [-0.2, 0) is 0 Å². The van der Waals surface area contributed by atoms with Crippen LogP contribution in [0.1, 0.15) is 37.0 Å². The molecule has 3 aromatic heterocycles. The molecule has 3 heterocycles. The number of rotatable bonds is 3. The Bertz CT molecular complexity index is 869. The van der Waals surface area contributed by atoms with E-state index in [-0.39, 0.29) is 5.56 Å². The summed E-state index contributed by atoms with van der Waals surface area (Å²) in [7, 11) is 0. The van der Waals surface area contributed by atoms with Gasteiger partial charge >= 0.3 is 0 Å². The molecule has 0 saturated carbocycles. The van der Waals surface area contributed by atoms with E-state index in [1.165, 1.54) is 11.3 Å². The Morgan fingerprint density at radius 2 is 2.19 bits per heavy atom. The Morgan fingerprint density at radius 3 is 2.95 bits per heavy atom. The lowest BCUT2D eigenvalue weighted by Gasteiger charge is -2.08. The first-order valence-electron chi connectivity index (χ1n) is 6.74. The molecule has 0 fully saturated rings. The molecule has 1 N–H and O–H groups in total. The Morgan fingerprint density at radius 1 is 1.38 bits per heavy atom. The van der Waals surface area contributed by atoms with Crippen molar-refractivity contribution in [3.63, 3.8) is 0 Å². The molecular formula is C15H16N4OS. The summed E-state index contributed by atoms with van der Waals surface area (Å²) in [5.41, 5.74) is 1.86. The summed E-state index contributed by atoms with van der Waals surface area (Å²) >= 11 is 1.49. The van der Waals surface area contributed by atoms with Gasteiger partial charge in [0.25, 0.3) is 5.56 Å². The van der Waals surface area contributed by atoms with Gasteiger partial charge in [0.05, 0.1) is 23.6 Å². The minimum Gasteiger partial charge on any atom is -0.329 e. The van der Waals surface area contributed by atoms with Crippen molar-refractivity contribution in [3.8, 4) is 0 Å². The molecule has 0 radical (unpaired) electrons. The maximum Gasteiger partial charge on any atom is 0.260 e. The molecule has 0 unspecified atom stereocenters. The van der Waals surface area contributed by atoms with Crippen molar-refractivity contribution in [2.45, 2.75) is 26.8 Å². The van der Waals surface area contributed by atoms with Gasteiger partial charge in [-0.05, 0) is 43.9 Å². The van der Waals surface area contributed by atoms with E-state index in [0.29, 0.717) is 17.3 Å². The Balaban J connectivity index is 2.00. The first-order valence-corrected chi connectivity index (χ1v) is 7.62. The van der Waals surface area contributed by atoms with Gasteiger partial charge in [0.15, 0.2) is 0 Å². The second kappa shape index (κ2) is 5.29. The van der Waals surface area contributed by atoms with Gasteiger partial charge in [-0.3, -0.25) is 4.79 Å². The second-order valence-electron chi connectivity index (χ2n) is 5.20. The summed E-state index contributed by atoms with van der Waals surface area (Å²) in [6, 6.07) is 0.335. The predicted octanol–water partition coefficient (Wildman–Crippen LogP) is 3.24. The summed E-state index contributed by atoms with van der Waals surface area (Å²) < 4.78 is 2.06. The number of H-pyrrole nitrogens is 1. The Hall–Kier alpha value is -2.21. The molecule has 0 aliphatic carbocycles. The topological polar surface area (TPSA) is 63.6 Å². The van der Waals surface area contributed by atoms with Crippen molar-refractivity contribution < 1.29 is 0 Å². The summed E-state index contributed by atoms with van der Waals surface area (Å²) in [5, 5.41) is 2.64. The number of fused-ring (bicyclic) bond motifs is 1.